The molecule has 1 N–H and O–H groups in total. The highest BCUT2D eigenvalue weighted by Gasteiger charge is 2.34. The molecule has 158 valence electrons. The van der Waals surface area contributed by atoms with Gasteiger partial charge in [0.15, 0.2) is 5.16 Å². The predicted octanol–water partition coefficient (Wildman–Crippen LogP) is 5.68. The molecule has 1 aromatic heterocycles. The lowest BCUT2D eigenvalue weighted by molar-refractivity contribution is -0.137. The highest BCUT2D eigenvalue weighted by molar-refractivity contribution is 8.00. The van der Waals surface area contributed by atoms with Crippen LogP contribution in [0.3, 0.4) is 0 Å². The van der Waals surface area contributed by atoms with Gasteiger partial charge in [0.25, 0.3) is 0 Å². The standard InChI is InChI=1S/C20H18ClF3N4OS/c1-11-6-4-5-7-17(11)28-13(3)26-27-19(28)30-12(2)18(29)25-16-9-8-14(21)10-15(16)20(22,23)24/h4-10,12H,1-3H3,(H,25,29). The molecule has 10 heteroatoms. The van der Waals surface area contributed by atoms with Crippen LogP contribution in [-0.4, -0.2) is 25.9 Å². The number of rotatable bonds is 5. The fourth-order valence-corrected chi connectivity index (χ4v) is 3.90. The average Bonchev–Trinajstić information content (AvgIpc) is 3.02. The molecule has 3 rings (SSSR count). The van der Waals surface area contributed by atoms with E-state index in [0.29, 0.717) is 11.0 Å². The van der Waals surface area contributed by atoms with Crippen molar-refractivity contribution in [3.63, 3.8) is 0 Å². The van der Waals surface area contributed by atoms with Crippen LogP contribution >= 0.6 is 23.4 Å². The Labute approximate surface area is 180 Å². The number of nitrogens with one attached hydrogen (secondary N) is 1. The van der Waals surface area contributed by atoms with Crippen molar-refractivity contribution < 1.29 is 18.0 Å². The van der Waals surface area contributed by atoms with E-state index in [2.05, 4.69) is 15.5 Å². The first kappa shape index (κ1) is 22.2. The second kappa shape index (κ2) is 8.69. The minimum atomic E-state index is -4.65. The van der Waals surface area contributed by atoms with Crippen molar-refractivity contribution in [3.8, 4) is 5.69 Å². The van der Waals surface area contributed by atoms with E-state index in [1.54, 1.807) is 13.8 Å². The summed E-state index contributed by atoms with van der Waals surface area (Å²) in [5.74, 6) is 0.0428. The summed E-state index contributed by atoms with van der Waals surface area (Å²) in [6, 6.07) is 10.9. The molecule has 0 radical (unpaired) electrons. The lowest BCUT2D eigenvalue weighted by atomic mass is 10.1. The Kier molecular flexibility index (Phi) is 6.42. The summed E-state index contributed by atoms with van der Waals surface area (Å²) in [6.45, 7) is 5.32. The number of amides is 1. The van der Waals surface area contributed by atoms with E-state index >= 15 is 0 Å². The van der Waals surface area contributed by atoms with E-state index < -0.39 is 22.9 Å². The molecule has 1 amide bonds. The smallest absolute Gasteiger partial charge is 0.325 e. The van der Waals surface area contributed by atoms with E-state index in [9.17, 15) is 18.0 Å². The monoisotopic (exact) mass is 454 g/mol. The number of aromatic nitrogens is 3. The number of carbonyl (C=O) groups excluding carboxylic acids is 1. The molecule has 2 aromatic carbocycles. The maximum Gasteiger partial charge on any atom is 0.418 e. The van der Waals surface area contributed by atoms with Crippen LogP contribution in [0.25, 0.3) is 5.69 Å². The van der Waals surface area contributed by atoms with Crippen LogP contribution in [-0.2, 0) is 11.0 Å². The number of halogens is 4. The Balaban J connectivity index is 1.83. The molecule has 1 atom stereocenters. The fourth-order valence-electron chi connectivity index (χ4n) is 2.82. The Morgan fingerprint density at radius 3 is 2.53 bits per heavy atom. The molecule has 1 unspecified atom stereocenters. The summed E-state index contributed by atoms with van der Waals surface area (Å²) >= 11 is 6.79. The molecule has 0 aliphatic rings. The van der Waals surface area contributed by atoms with Gasteiger partial charge in [0, 0.05) is 5.02 Å². The van der Waals surface area contributed by atoms with Crippen LogP contribution in [0.1, 0.15) is 23.9 Å². The van der Waals surface area contributed by atoms with Crippen molar-refractivity contribution in [2.45, 2.75) is 37.4 Å². The van der Waals surface area contributed by atoms with Gasteiger partial charge < -0.3 is 5.32 Å². The second-order valence-corrected chi connectivity index (χ2v) is 8.33. The third-order valence-corrected chi connectivity index (χ3v) is 5.63. The Morgan fingerprint density at radius 1 is 1.17 bits per heavy atom. The van der Waals surface area contributed by atoms with Gasteiger partial charge in [-0.15, -0.1) is 10.2 Å². The molecule has 3 aromatic rings. The van der Waals surface area contributed by atoms with Gasteiger partial charge >= 0.3 is 6.18 Å². The number of alkyl halides is 3. The first-order valence-corrected chi connectivity index (χ1v) is 10.2. The van der Waals surface area contributed by atoms with E-state index in [0.717, 1.165) is 35.1 Å². The number of thioether (sulfide) groups is 1. The van der Waals surface area contributed by atoms with Crippen LogP contribution in [0.4, 0.5) is 18.9 Å². The zero-order chi connectivity index (χ0) is 22.1. The van der Waals surface area contributed by atoms with Gasteiger partial charge in [-0.2, -0.15) is 13.2 Å². The van der Waals surface area contributed by atoms with Crippen molar-refractivity contribution in [1.82, 2.24) is 14.8 Å². The average molecular weight is 455 g/mol. The number of benzene rings is 2. The number of anilines is 1. The SMILES string of the molecule is Cc1ccccc1-n1c(C)nnc1SC(C)C(=O)Nc1ccc(Cl)cc1C(F)(F)F. The summed E-state index contributed by atoms with van der Waals surface area (Å²) in [5, 5.41) is 10.2. The zero-order valence-corrected chi connectivity index (χ0v) is 17.9. The first-order valence-electron chi connectivity index (χ1n) is 8.90. The first-order chi connectivity index (χ1) is 14.1. The minimum Gasteiger partial charge on any atom is -0.325 e. The molecule has 0 aliphatic carbocycles. The van der Waals surface area contributed by atoms with Crippen LogP contribution in [0.15, 0.2) is 47.6 Å². The number of aryl methyl sites for hydroxylation is 2. The van der Waals surface area contributed by atoms with Crippen LogP contribution in [0.2, 0.25) is 5.02 Å². The molecular formula is C20H18ClF3N4OS. The largest absolute Gasteiger partial charge is 0.418 e. The van der Waals surface area contributed by atoms with Gasteiger partial charge in [0.2, 0.25) is 5.91 Å². The van der Waals surface area contributed by atoms with Gasteiger partial charge in [0.1, 0.15) is 5.82 Å². The quantitative estimate of drug-likeness (QED) is 0.504. The normalized spacial score (nSPS) is 12.6. The summed E-state index contributed by atoms with van der Waals surface area (Å²) in [6.07, 6.45) is -4.65. The minimum absolute atomic E-state index is 0.0652. The summed E-state index contributed by atoms with van der Waals surface area (Å²) in [4.78, 5) is 12.6. The molecule has 0 saturated carbocycles. The van der Waals surface area contributed by atoms with Crippen molar-refractivity contribution >= 4 is 35.0 Å². The van der Waals surface area contributed by atoms with Gasteiger partial charge in [0.05, 0.1) is 22.2 Å². The number of carbonyl (C=O) groups is 1. The molecule has 0 fully saturated rings. The van der Waals surface area contributed by atoms with Gasteiger partial charge in [-0.1, -0.05) is 41.6 Å². The second-order valence-electron chi connectivity index (χ2n) is 6.59. The van der Waals surface area contributed by atoms with Gasteiger partial charge in [-0.25, -0.2) is 0 Å². The number of nitrogens with zero attached hydrogens (tertiary/aromatic N) is 3. The lowest BCUT2D eigenvalue weighted by Gasteiger charge is -2.17. The van der Waals surface area contributed by atoms with Crippen LogP contribution in [0.5, 0.6) is 0 Å². The molecular weight excluding hydrogens is 437 g/mol. The molecule has 1 heterocycles. The Hall–Kier alpha value is -2.52. The van der Waals surface area contributed by atoms with E-state index in [4.69, 9.17) is 11.6 Å². The Bertz CT molecular complexity index is 1080. The predicted molar refractivity (Wildman–Crippen MR) is 111 cm³/mol. The Morgan fingerprint density at radius 2 is 1.87 bits per heavy atom. The van der Waals surface area contributed by atoms with Gasteiger partial charge in [-0.05, 0) is 50.6 Å². The molecule has 30 heavy (non-hydrogen) atoms. The van der Waals surface area contributed by atoms with E-state index in [1.165, 1.54) is 6.07 Å². The van der Waals surface area contributed by atoms with Crippen molar-refractivity contribution in [3.05, 3.63) is 64.4 Å². The zero-order valence-electron chi connectivity index (χ0n) is 16.3. The van der Waals surface area contributed by atoms with Crippen molar-refractivity contribution in [1.29, 1.82) is 0 Å². The molecule has 0 spiro atoms. The number of para-hydroxylation sites is 1. The molecule has 0 bridgehead atoms. The van der Waals surface area contributed by atoms with E-state index in [1.807, 2.05) is 35.8 Å². The number of hydrogen-bond donors (Lipinski definition) is 1. The van der Waals surface area contributed by atoms with Crippen molar-refractivity contribution in [2.75, 3.05) is 5.32 Å². The molecule has 0 aliphatic heterocycles. The topological polar surface area (TPSA) is 59.8 Å². The summed E-state index contributed by atoms with van der Waals surface area (Å²) in [5.41, 5.74) is 0.517. The highest BCUT2D eigenvalue weighted by atomic mass is 35.5. The maximum absolute atomic E-state index is 13.3. The lowest BCUT2D eigenvalue weighted by Crippen LogP contribution is -2.24. The molecule has 5 nitrogen and oxygen atoms in total. The van der Waals surface area contributed by atoms with E-state index in [-0.39, 0.29) is 10.7 Å². The maximum atomic E-state index is 13.3. The van der Waals surface area contributed by atoms with Crippen LogP contribution < -0.4 is 5.32 Å². The summed E-state index contributed by atoms with van der Waals surface area (Å²) in [7, 11) is 0. The van der Waals surface area contributed by atoms with Gasteiger partial charge in [-0.3, -0.25) is 9.36 Å². The van der Waals surface area contributed by atoms with Crippen molar-refractivity contribution in [2.24, 2.45) is 0 Å². The third-order valence-electron chi connectivity index (χ3n) is 4.35. The fraction of sp³-hybridized carbons (Fsp3) is 0.250. The molecule has 0 saturated heterocycles. The number of hydrogen-bond acceptors (Lipinski definition) is 4. The van der Waals surface area contributed by atoms with Crippen LogP contribution in [0, 0.1) is 13.8 Å². The highest BCUT2D eigenvalue weighted by Crippen LogP contribution is 2.37. The third kappa shape index (κ3) is 4.79. The summed E-state index contributed by atoms with van der Waals surface area (Å²) < 4.78 is 41.6.